The Morgan fingerprint density at radius 2 is 1.92 bits per heavy atom. The van der Waals surface area contributed by atoms with E-state index in [0.29, 0.717) is 16.8 Å². The van der Waals surface area contributed by atoms with Crippen LogP contribution >= 0.6 is 12.4 Å². The van der Waals surface area contributed by atoms with Crippen molar-refractivity contribution in [2.75, 3.05) is 0 Å². The first-order chi connectivity index (χ1) is 17.3. The van der Waals surface area contributed by atoms with Crippen LogP contribution in [0.15, 0.2) is 36.8 Å². The largest absolute Gasteiger partial charge is 0.435 e. The summed E-state index contributed by atoms with van der Waals surface area (Å²) in [6, 6.07) is 2.88. The lowest BCUT2D eigenvalue weighted by atomic mass is 10.0. The number of halogens is 4. The van der Waals surface area contributed by atoms with Gasteiger partial charge in [-0.25, -0.2) is 0 Å². The van der Waals surface area contributed by atoms with E-state index in [1.165, 1.54) is 44.6 Å². The van der Waals surface area contributed by atoms with E-state index in [1.807, 2.05) is 0 Å². The van der Waals surface area contributed by atoms with Crippen LogP contribution in [0.3, 0.4) is 0 Å². The fourth-order valence-corrected chi connectivity index (χ4v) is 3.47. The van der Waals surface area contributed by atoms with Gasteiger partial charge in [-0.15, -0.1) is 12.4 Å². The van der Waals surface area contributed by atoms with Gasteiger partial charge in [-0.3, -0.25) is 19.1 Å². The second-order valence-corrected chi connectivity index (χ2v) is 9.54. The number of nitrogens with zero attached hydrogens (tertiary/aromatic N) is 5. The molecule has 3 heterocycles. The van der Waals surface area contributed by atoms with Crippen molar-refractivity contribution in [1.29, 1.82) is 0 Å². The van der Waals surface area contributed by atoms with E-state index >= 15 is 0 Å². The summed E-state index contributed by atoms with van der Waals surface area (Å²) in [7, 11) is 0. The van der Waals surface area contributed by atoms with E-state index in [9.17, 15) is 23.1 Å². The minimum absolute atomic E-state index is 0. The summed E-state index contributed by atoms with van der Waals surface area (Å²) in [5.41, 5.74) is 3.83. The zero-order valence-electron chi connectivity index (χ0n) is 23.2. The van der Waals surface area contributed by atoms with Crippen LogP contribution < -0.4 is 11.1 Å². The molecule has 4 N–H and O–H groups in total. The van der Waals surface area contributed by atoms with Crippen LogP contribution in [0, 0.1) is 0 Å². The molecule has 0 saturated carbocycles. The number of nitrogens with two attached hydrogens (primary N) is 1. The second kappa shape index (κ2) is 10.6. The highest BCUT2D eigenvalue weighted by molar-refractivity contribution is 5.85. The molecule has 1 atom stereocenters. The summed E-state index contributed by atoms with van der Waals surface area (Å²) in [5.74, 6) is -0.586. The standard InChI is InChI=1S/C23H30F3N7O2.ClH/c1-21(2,30-20(34)16(27)8-14-10-29-32(5)12-14)13-33-17(9-19(31-33)23(24,25)26)15-6-7-18(28-11-15)22(3,4)35;/h6-7,9-12,16,35H,8,13,27H2,1-5H3,(H,30,34);1H/t16-;/m1./s1/i5D3;. The van der Waals surface area contributed by atoms with E-state index < -0.39 is 41.9 Å². The van der Waals surface area contributed by atoms with Crippen molar-refractivity contribution in [3.05, 3.63) is 53.7 Å². The van der Waals surface area contributed by atoms with Gasteiger partial charge in [-0.2, -0.15) is 23.4 Å². The van der Waals surface area contributed by atoms with Crippen molar-refractivity contribution in [3.8, 4) is 11.3 Å². The first-order valence-corrected chi connectivity index (χ1v) is 10.7. The molecule has 0 fully saturated rings. The summed E-state index contributed by atoms with van der Waals surface area (Å²) in [6.45, 7) is 3.69. The highest BCUT2D eigenvalue weighted by atomic mass is 35.5. The van der Waals surface area contributed by atoms with Crippen LogP contribution in [-0.4, -0.2) is 47.1 Å². The predicted octanol–water partition coefficient (Wildman–Crippen LogP) is 2.81. The second-order valence-electron chi connectivity index (χ2n) is 9.54. The quantitative estimate of drug-likeness (QED) is 0.410. The van der Waals surface area contributed by atoms with Crippen LogP contribution in [0.5, 0.6) is 0 Å². The van der Waals surface area contributed by atoms with Crippen molar-refractivity contribution < 1.29 is 27.2 Å². The van der Waals surface area contributed by atoms with Crippen molar-refractivity contribution in [3.63, 3.8) is 0 Å². The fraction of sp³-hybridized carbons (Fsp3) is 0.478. The monoisotopic (exact) mass is 532 g/mol. The molecule has 3 rings (SSSR count). The fourth-order valence-electron chi connectivity index (χ4n) is 3.47. The first-order valence-electron chi connectivity index (χ1n) is 12.2. The molecule has 9 nitrogen and oxygen atoms in total. The lowest BCUT2D eigenvalue weighted by Crippen LogP contribution is -2.53. The molecule has 0 aromatic carbocycles. The Kier molecular flexibility index (Phi) is 7.26. The lowest BCUT2D eigenvalue weighted by Gasteiger charge is -2.28. The molecule has 13 heteroatoms. The normalized spacial score (nSPS) is 14.9. The minimum atomic E-state index is -4.70. The molecule has 1 amide bonds. The zero-order chi connectivity index (χ0) is 28.7. The molecule has 0 unspecified atom stereocenters. The third-order valence-electron chi connectivity index (χ3n) is 5.19. The molecular weight excluding hydrogens is 499 g/mol. The van der Waals surface area contributed by atoms with Crippen LogP contribution in [0.2, 0.25) is 0 Å². The summed E-state index contributed by atoms with van der Waals surface area (Å²) in [6.07, 6.45) is -0.770. The third kappa shape index (κ3) is 7.28. The Labute approximate surface area is 217 Å². The van der Waals surface area contributed by atoms with Gasteiger partial charge in [0.1, 0.15) is 5.60 Å². The Balaban J connectivity index is 0.00000533. The number of rotatable bonds is 8. The Hall–Kier alpha value is -2.96. The Morgan fingerprint density at radius 1 is 1.22 bits per heavy atom. The number of nitrogens with one attached hydrogen (secondary N) is 1. The highest BCUT2D eigenvalue weighted by Crippen LogP contribution is 2.32. The van der Waals surface area contributed by atoms with Crippen LogP contribution in [-0.2, 0) is 36.5 Å². The van der Waals surface area contributed by atoms with Gasteiger partial charge in [0.05, 0.1) is 35.7 Å². The van der Waals surface area contributed by atoms with Crippen molar-refractivity contribution in [1.82, 2.24) is 29.9 Å². The topological polar surface area (TPSA) is 124 Å². The number of alkyl halides is 3. The number of carbonyl (C=O) groups excluding carboxylic acids is 1. The predicted molar refractivity (Wildman–Crippen MR) is 130 cm³/mol. The van der Waals surface area contributed by atoms with Crippen LogP contribution in [0.4, 0.5) is 13.2 Å². The Bertz CT molecular complexity index is 1280. The summed E-state index contributed by atoms with van der Waals surface area (Å²) < 4.78 is 64.5. The van der Waals surface area contributed by atoms with E-state index in [1.54, 1.807) is 13.8 Å². The highest BCUT2D eigenvalue weighted by Gasteiger charge is 2.36. The average molecular weight is 533 g/mol. The number of aryl methyl sites for hydroxylation is 1. The smallest absolute Gasteiger partial charge is 0.384 e. The van der Waals surface area contributed by atoms with Crippen LogP contribution in [0.1, 0.15) is 48.8 Å². The molecule has 3 aromatic rings. The maximum atomic E-state index is 13.5. The maximum absolute atomic E-state index is 13.5. The molecule has 36 heavy (non-hydrogen) atoms. The SMILES string of the molecule is Cl.[2H]C([2H])([2H])n1cc(C[C@@H](N)C(=O)NC(C)(C)Cn2nc(C(F)(F)F)cc2-c2ccc(C(C)(C)O)nc2)cn1. The average Bonchev–Trinajstić information content (AvgIpc) is 3.39. The number of amides is 1. The third-order valence-corrected chi connectivity index (χ3v) is 5.19. The van der Waals surface area contributed by atoms with Gasteiger partial charge in [0.2, 0.25) is 5.91 Å². The molecular formula is C23H31ClF3N7O2. The number of hydrogen-bond donors (Lipinski definition) is 3. The molecule has 198 valence electrons. The lowest BCUT2D eigenvalue weighted by molar-refractivity contribution is -0.141. The van der Waals surface area contributed by atoms with Crippen molar-refractivity contribution in [2.24, 2.45) is 12.7 Å². The van der Waals surface area contributed by atoms with Gasteiger partial charge in [0.25, 0.3) is 0 Å². The molecule has 0 bridgehead atoms. The molecule has 3 aromatic heterocycles. The zero-order valence-corrected chi connectivity index (χ0v) is 21.0. The van der Waals surface area contributed by atoms with E-state index in [2.05, 4.69) is 20.5 Å². The van der Waals surface area contributed by atoms with Gasteiger partial charge in [0.15, 0.2) is 5.69 Å². The van der Waals surface area contributed by atoms with Gasteiger partial charge < -0.3 is 16.2 Å². The molecule has 0 radical (unpaired) electrons. The van der Waals surface area contributed by atoms with Crippen molar-refractivity contribution in [2.45, 2.75) is 64.0 Å². The maximum Gasteiger partial charge on any atom is 0.435 e. The molecule has 0 saturated heterocycles. The Morgan fingerprint density at radius 3 is 2.44 bits per heavy atom. The number of aliphatic hydroxyl groups is 1. The number of hydrogen-bond acceptors (Lipinski definition) is 6. The summed E-state index contributed by atoms with van der Waals surface area (Å²) in [4.78, 5) is 17.0. The molecule has 0 aliphatic heterocycles. The van der Waals surface area contributed by atoms with Gasteiger partial charge in [-0.1, -0.05) is 0 Å². The van der Waals surface area contributed by atoms with Crippen LogP contribution in [0.25, 0.3) is 11.3 Å². The first kappa shape index (κ1) is 24.7. The summed E-state index contributed by atoms with van der Waals surface area (Å²) in [5, 5.41) is 20.3. The van der Waals surface area contributed by atoms with Crippen molar-refractivity contribution >= 4 is 18.3 Å². The van der Waals surface area contributed by atoms with Gasteiger partial charge in [-0.05, 0) is 57.9 Å². The molecule has 0 spiro atoms. The number of carbonyl (C=O) groups is 1. The minimum Gasteiger partial charge on any atom is -0.384 e. The molecule has 0 aliphatic rings. The number of pyridine rings is 1. The van der Waals surface area contributed by atoms with E-state index in [-0.39, 0.29) is 31.1 Å². The summed E-state index contributed by atoms with van der Waals surface area (Å²) >= 11 is 0. The number of aromatic nitrogens is 5. The van der Waals surface area contributed by atoms with Gasteiger partial charge in [0, 0.05) is 29.0 Å². The van der Waals surface area contributed by atoms with Gasteiger partial charge >= 0.3 is 6.18 Å². The van der Waals surface area contributed by atoms with E-state index in [4.69, 9.17) is 9.85 Å². The van der Waals surface area contributed by atoms with E-state index in [0.717, 1.165) is 15.4 Å². The molecule has 0 aliphatic carbocycles.